The Kier molecular flexibility index (Phi) is 20.4. The van der Waals surface area contributed by atoms with Gasteiger partial charge in [0, 0.05) is 116 Å². The Morgan fingerprint density at radius 2 is 0.855 bits per heavy atom. The van der Waals surface area contributed by atoms with Crippen molar-refractivity contribution in [3.8, 4) is 23.0 Å². The molecule has 4 aliphatic rings. The van der Waals surface area contributed by atoms with Gasteiger partial charge in [0.2, 0.25) is 0 Å². The van der Waals surface area contributed by atoms with Crippen LogP contribution in [0.15, 0.2) is 60.9 Å². The summed E-state index contributed by atoms with van der Waals surface area (Å²) in [4.78, 5) is 63.3. The fourth-order valence-corrected chi connectivity index (χ4v) is 11.2. The molecular formula is C57H78Cl2N10O7. The smallest absolute Gasteiger partial charge is 0.255 e. The number of amides is 2. The van der Waals surface area contributed by atoms with E-state index in [1.54, 1.807) is 12.4 Å². The van der Waals surface area contributed by atoms with Crippen molar-refractivity contribution in [1.82, 2.24) is 39.4 Å². The molecule has 76 heavy (non-hydrogen) atoms. The van der Waals surface area contributed by atoms with Crippen molar-refractivity contribution in [2.75, 3.05) is 116 Å². The van der Waals surface area contributed by atoms with E-state index in [4.69, 9.17) is 42.1 Å². The molecule has 4 saturated heterocycles. The second-order valence-electron chi connectivity index (χ2n) is 20.2. The number of piperazine rings is 2. The molecule has 2 aromatic carbocycles. The average Bonchev–Trinajstić information content (AvgIpc) is 3.44. The maximum Gasteiger partial charge on any atom is 0.255 e. The number of carbonyl (C=O) groups is 3. The first-order valence-corrected chi connectivity index (χ1v) is 28.3. The molecule has 412 valence electrons. The van der Waals surface area contributed by atoms with Crippen LogP contribution in [0.1, 0.15) is 99.1 Å². The Bertz CT molecular complexity index is 2320. The van der Waals surface area contributed by atoms with E-state index in [0.29, 0.717) is 123 Å². The van der Waals surface area contributed by atoms with Gasteiger partial charge in [-0.3, -0.25) is 34.0 Å². The van der Waals surface area contributed by atoms with E-state index < -0.39 is 0 Å². The van der Waals surface area contributed by atoms with Crippen LogP contribution in [0.4, 0.5) is 11.6 Å². The van der Waals surface area contributed by atoms with Crippen LogP contribution >= 0.6 is 23.2 Å². The summed E-state index contributed by atoms with van der Waals surface area (Å²) < 4.78 is 23.1. The number of hydrogen-bond donors (Lipinski definition) is 2. The number of ketones is 1. The fraction of sp³-hybridized carbons (Fsp3) is 0.561. The largest absolute Gasteiger partial charge is 0.492 e. The van der Waals surface area contributed by atoms with Gasteiger partial charge in [-0.1, -0.05) is 23.2 Å². The number of likely N-dealkylation sites (tertiary alicyclic amines) is 2. The number of pyridine rings is 2. The summed E-state index contributed by atoms with van der Waals surface area (Å²) in [5.74, 6) is 4.18. The summed E-state index contributed by atoms with van der Waals surface area (Å²) >= 11 is 13.1. The van der Waals surface area contributed by atoms with E-state index >= 15 is 0 Å². The van der Waals surface area contributed by atoms with Crippen LogP contribution in [0.2, 0.25) is 10.0 Å². The van der Waals surface area contributed by atoms with Crippen LogP contribution in [-0.2, 0) is 17.9 Å². The first-order chi connectivity index (χ1) is 36.8. The third-order valence-electron chi connectivity index (χ3n) is 15.2. The lowest BCUT2D eigenvalue weighted by Gasteiger charge is -2.41. The molecule has 8 rings (SSSR count). The predicted molar refractivity (Wildman–Crippen MR) is 299 cm³/mol. The molecule has 2 atom stereocenters. The normalized spacial score (nSPS) is 18.5. The monoisotopic (exact) mass is 1080 g/mol. The number of hydrogen-bond acceptors (Lipinski definition) is 15. The lowest BCUT2D eigenvalue weighted by atomic mass is 10.0. The molecule has 19 heteroatoms. The molecular weight excluding hydrogens is 1010 g/mol. The van der Waals surface area contributed by atoms with Gasteiger partial charge < -0.3 is 39.4 Å². The zero-order chi connectivity index (χ0) is 53.7. The Morgan fingerprint density at radius 1 is 0.526 bits per heavy atom. The molecule has 0 spiro atoms. The number of nitrogens with one attached hydrogen (secondary N) is 2. The fourth-order valence-electron chi connectivity index (χ4n) is 10.8. The van der Waals surface area contributed by atoms with E-state index in [1.165, 1.54) is 0 Å². The van der Waals surface area contributed by atoms with Crippen molar-refractivity contribution in [3.63, 3.8) is 0 Å². The molecule has 0 aliphatic carbocycles. The quantitative estimate of drug-likeness (QED) is 0.0778. The number of carbonyl (C=O) groups excluding carboxylic acids is 3. The van der Waals surface area contributed by atoms with Gasteiger partial charge in [-0.25, -0.2) is 9.97 Å². The average molecular weight is 1090 g/mol. The van der Waals surface area contributed by atoms with Gasteiger partial charge in [-0.15, -0.1) is 0 Å². The summed E-state index contributed by atoms with van der Waals surface area (Å²) in [6, 6.07) is 15.5. The van der Waals surface area contributed by atoms with E-state index in [0.717, 1.165) is 87.7 Å². The molecule has 6 heterocycles. The van der Waals surface area contributed by atoms with Crippen LogP contribution in [0.3, 0.4) is 0 Å². The summed E-state index contributed by atoms with van der Waals surface area (Å²) in [6.07, 6.45) is 7.19. The van der Waals surface area contributed by atoms with Gasteiger partial charge in [-0.2, -0.15) is 0 Å². The number of aromatic nitrogens is 2. The minimum atomic E-state index is -0.298. The Hall–Kier alpha value is -5.43. The number of rotatable bonds is 22. The highest BCUT2D eigenvalue weighted by Crippen LogP contribution is 2.38. The highest BCUT2D eigenvalue weighted by atomic mass is 35.5. The molecule has 2 amide bonds. The minimum absolute atomic E-state index is 0.0503. The van der Waals surface area contributed by atoms with Crippen molar-refractivity contribution >= 4 is 52.4 Å². The number of nitrogens with zero attached hydrogens (tertiary/aromatic N) is 8. The van der Waals surface area contributed by atoms with Crippen LogP contribution in [0, 0.1) is 0 Å². The number of ether oxygens (including phenoxy) is 4. The first-order valence-electron chi connectivity index (χ1n) is 27.5. The van der Waals surface area contributed by atoms with Gasteiger partial charge in [0.15, 0.2) is 5.78 Å². The lowest BCUT2D eigenvalue weighted by molar-refractivity contribution is -0.129. The maximum absolute atomic E-state index is 13.9. The highest BCUT2D eigenvalue weighted by molar-refractivity contribution is 6.34. The lowest BCUT2D eigenvalue weighted by Crippen LogP contribution is -2.58. The Balaban J connectivity index is 0.716. The van der Waals surface area contributed by atoms with Crippen molar-refractivity contribution in [2.24, 2.45) is 0 Å². The van der Waals surface area contributed by atoms with Crippen molar-refractivity contribution < 1.29 is 33.3 Å². The summed E-state index contributed by atoms with van der Waals surface area (Å²) in [7, 11) is 0. The second-order valence-corrected chi connectivity index (χ2v) is 21.0. The van der Waals surface area contributed by atoms with Crippen LogP contribution in [0.25, 0.3) is 0 Å². The number of anilines is 2. The summed E-state index contributed by atoms with van der Waals surface area (Å²) in [6.45, 7) is 23.7. The molecule has 4 fully saturated rings. The molecule has 2 unspecified atom stereocenters. The van der Waals surface area contributed by atoms with Gasteiger partial charge in [0.05, 0.1) is 49.6 Å². The number of Topliss-reactive ketones (excluding diaryl/α,β-unsaturated/α-hetero) is 1. The van der Waals surface area contributed by atoms with E-state index in [2.05, 4.69) is 40.2 Å². The Morgan fingerprint density at radius 3 is 1.14 bits per heavy atom. The molecule has 2 aromatic heterocycles. The molecule has 0 saturated carbocycles. The number of benzene rings is 2. The van der Waals surface area contributed by atoms with Crippen molar-refractivity contribution in [1.29, 1.82) is 0 Å². The number of piperidine rings is 2. The van der Waals surface area contributed by atoms with Crippen LogP contribution < -0.4 is 29.6 Å². The highest BCUT2D eigenvalue weighted by Gasteiger charge is 2.34. The van der Waals surface area contributed by atoms with Crippen molar-refractivity contribution in [3.05, 3.63) is 93.2 Å². The van der Waals surface area contributed by atoms with Gasteiger partial charge in [0.25, 0.3) is 11.8 Å². The third-order valence-corrected chi connectivity index (χ3v) is 15.9. The van der Waals surface area contributed by atoms with Crippen molar-refractivity contribution in [2.45, 2.75) is 104 Å². The summed E-state index contributed by atoms with van der Waals surface area (Å²) in [5.41, 5.74) is 3.33. The molecule has 0 radical (unpaired) electrons. The van der Waals surface area contributed by atoms with E-state index in [1.807, 2.05) is 99.9 Å². The molecule has 17 nitrogen and oxygen atoms in total. The molecule has 4 aromatic rings. The van der Waals surface area contributed by atoms with Crippen LogP contribution in [0.5, 0.6) is 23.0 Å². The molecule has 0 bridgehead atoms. The topological polar surface area (TPSA) is 157 Å². The van der Waals surface area contributed by atoms with Gasteiger partial charge in [0.1, 0.15) is 44.7 Å². The molecule has 2 N–H and O–H groups in total. The van der Waals surface area contributed by atoms with E-state index in [9.17, 15) is 14.4 Å². The second kappa shape index (κ2) is 27.2. The first kappa shape index (κ1) is 56.8. The van der Waals surface area contributed by atoms with E-state index in [-0.39, 0.29) is 41.8 Å². The standard InChI is InChI=1S/C57H78Cl2N10O7/c1-7-73-47-31-41(32-48(53(47)58)74-8-2)37-64-19-15-45(16-20-64)62-51-13-11-43(35-60-51)56(71)68-27-23-66(24-28-68)39(5)55(70)40(6)67-25-29-69(30-26-67)57(72)44-12-14-52(61-36-44)63-46-17-21-65(22-18-46)38-42-33-49(75-9-3)54(59)50(34-42)76-10-4/h11-14,31-36,39-40,45-46H,7-10,15-30,37-38H2,1-6H3,(H,60,62)(H,61,63). The van der Waals surface area contributed by atoms with Gasteiger partial charge >= 0.3 is 0 Å². The van der Waals surface area contributed by atoms with Gasteiger partial charge in [-0.05, 0) is 127 Å². The summed E-state index contributed by atoms with van der Waals surface area (Å²) in [5, 5.41) is 8.18. The maximum atomic E-state index is 13.9. The predicted octanol–water partition coefficient (Wildman–Crippen LogP) is 8.09. The third kappa shape index (κ3) is 14.6. The molecule has 4 aliphatic heterocycles. The minimum Gasteiger partial charge on any atom is -0.492 e. The van der Waals surface area contributed by atoms with Crippen LogP contribution in [-0.4, -0.2) is 186 Å². The number of halogens is 2. The zero-order valence-corrected chi connectivity index (χ0v) is 46.8. The zero-order valence-electron chi connectivity index (χ0n) is 45.3. The SMILES string of the molecule is CCOc1cc(CN2CCC(Nc3ccc(C(=O)N4CCN(C(C)C(=O)C(C)N5CCN(C(=O)c6ccc(NC7CCN(Cc8cc(OCC)c(Cl)c(OCC)c8)CC7)nc6)CC5)CC4)cn3)CC2)cc(OCC)c1Cl. The Labute approximate surface area is 459 Å².